The maximum absolute atomic E-state index is 5.24. The van der Waals surface area contributed by atoms with Gasteiger partial charge in [0.15, 0.2) is 0 Å². The van der Waals surface area contributed by atoms with E-state index in [0.717, 1.165) is 62.0 Å². The van der Waals surface area contributed by atoms with E-state index in [1.54, 1.807) is 0 Å². The summed E-state index contributed by atoms with van der Waals surface area (Å²) in [5.74, 6) is 1.78. The number of aliphatic imine (C=N–C) groups is 2. The van der Waals surface area contributed by atoms with Crippen molar-refractivity contribution in [3.05, 3.63) is 77.7 Å². The predicted octanol–water partition coefficient (Wildman–Crippen LogP) is 7.94. The summed E-state index contributed by atoms with van der Waals surface area (Å²) >= 11 is 0. The van der Waals surface area contributed by atoms with Gasteiger partial charge in [-0.05, 0) is 99.3 Å². The van der Waals surface area contributed by atoms with E-state index in [1.807, 2.05) is 7.05 Å². The van der Waals surface area contributed by atoms with E-state index >= 15 is 0 Å². The van der Waals surface area contributed by atoms with Gasteiger partial charge in [0.1, 0.15) is 5.84 Å². The largest absolute Gasteiger partial charge is 0.378 e. The molecule has 42 heavy (non-hydrogen) atoms. The molecule has 0 spiro atoms. The summed E-state index contributed by atoms with van der Waals surface area (Å²) < 4.78 is 0. The molecule has 3 heterocycles. The monoisotopic (exact) mass is 565 g/mol. The fourth-order valence-corrected chi connectivity index (χ4v) is 6.87. The number of allylic oxidation sites excluding steroid dienone is 2. The molecule has 2 aromatic carbocycles. The van der Waals surface area contributed by atoms with Gasteiger partial charge in [0.05, 0.1) is 11.8 Å². The number of amidine groups is 1. The van der Waals surface area contributed by atoms with Crippen molar-refractivity contribution in [3.63, 3.8) is 0 Å². The second-order valence-electron chi connectivity index (χ2n) is 12.8. The van der Waals surface area contributed by atoms with Crippen LogP contribution in [0.5, 0.6) is 0 Å². The Morgan fingerprint density at radius 2 is 1.67 bits per heavy atom. The molecular weight excluding hydrogens is 514 g/mol. The molecule has 0 amide bonds. The van der Waals surface area contributed by atoms with Gasteiger partial charge in [-0.15, -0.1) is 0 Å². The molecule has 0 bridgehead atoms. The lowest BCUT2D eigenvalue weighted by molar-refractivity contribution is 0.283. The minimum atomic E-state index is 0.207. The van der Waals surface area contributed by atoms with Crippen LogP contribution < -0.4 is 0 Å². The van der Waals surface area contributed by atoms with Crippen molar-refractivity contribution in [2.75, 3.05) is 40.3 Å². The highest BCUT2D eigenvalue weighted by molar-refractivity contribution is 6.01. The lowest BCUT2D eigenvalue weighted by Crippen LogP contribution is -2.43. The van der Waals surface area contributed by atoms with Gasteiger partial charge in [-0.1, -0.05) is 50.3 Å². The third kappa shape index (κ3) is 6.99. The molecule has 5 heteroatoms. The van der Waals surface area contributed by atoms with Gasteiger partial charge >= 0.3 is 0 Å². The molecule has 0 aliphatic carbocycles. The SMILES string of the molecule is C=C1c2cc3ccccc3cc2CCCCCN(C)/C(C)=C/C(N2CC[C@H](C)C2)=N\C(C)=C\C(=N/C)C2CCCCN12. The molecule has 2 atom stereocenters. The van der Waals surface area contributed by atoms with Gasteiger partial charge in [0.25, 0.3) is 0 Å². The Hall–Kier alpha value is -3.34. The van der Waals surface area contributed by atoms with Crippen LogP contribution in [0.25, 0.3) is 16.5 Å². The summed E-state index contributed by atoms with van der Waals surface area (Å²) in [6.07, 6.45) is 13.9. The number of benzene rings is 2. The van der Waals surface area contributed by atoms with E-state index in [1.165, 1.54) is 66.1 Å². The molecular formula is C37H51N5. The lowest BCUT2D eigenvalue weighted by Gasteiger charge is -2.39. The molecule has 2 aromatic rings. The maximum atomic E-state index is 5.24. The van der Waals surface area contributed by atoms with Gasteiger partial charge in [-0.25, -0.2) is 4.99 Å². The van der Waals surface area contributed by atoms with Crippen LogP contribution in [-0.4, -0.2) is 72.6 Å². The van der Waals surface area contributed by atoms with Crippen molar-refractivity contribution in [2.24, 2.45) is 15.9 Å². The predicted molar refractivity (Wildman–Crippen MR) is 181 cm³/mol. The van der Waals surface area contributed by atoms with Crippen LogP contribution in [0.2, 0.25) is 0 Å². The third-order valence-corrected chi connectivity index (χ3v) is 9.51. The fourth-order valence-electron chi connectivity index (χ4n) is 6.87. The zero-order valence-electron chi connectivity index (χ0n) is 26.7. The highest BCUT2D eigenvalue weighted by atomic mass is 15.2. The smallest absolute Gasteiger partial charge is 0.130 e. The van der Waals surface area contributed by atoms with Gasteiger partial charge < -0.3 is 14.7 Å². The zero-order valence-corrected chi connectivity index (χ0v) is 26.7. The summed E-state index contributed by atoms with van der Waals surface area (Å²) in [6.45, 7) is 15.7. The minimum absolute atomic E-state index is 0.207. The second-order valence-corrected chi connectivity index (χ2v) is 12.8. The van der Waals surface area contributed by atoms with E-state index < -0.39 is 0 Å². The van der Waals surface area contributed by atoms with Gasteiger partial charge in [-0.3, -0.25) is 4.99 Å². The Labute approximate surface area is 254 Å². The molecule has 1 unspecified atom stereocenters. The van der Waals surface area contributed by atoms with Crippen LogP contribution in [0.3, 0.4) is 0 Å². The van der Waals surface area contributed by atoms with E-state index in [2.05, 4.69) is 91.1 Å². The molecule has 3 aliphatic heterocycles. The average Bonchev–Trinajstić information content (AvgIpc) is 3.44. The van der Waals surface area contributed by atoms with Crippen molar-refractivity contribution < 1.29 is 0 Å². The van der Waals surface area contributed by atoms with Crippen molar-refractivity contribution in [1.82, 2.24) is 14.7 Å². The van der Waals surface area contributed by atoms with E-state index in [4.69, 9.17) is 16.6 Å². The van der Waals surface area contributed by atoms with Gasteiger partial charge in [0, 0.05) is 62.9 Å². The Balaban J connectivity index is 1.56. The van der Waals surface area contributed by atoms with E-state index in [9.17, 15) is 0 Å². The molecule has 0 saturated carbocycles. The maximum Gasteiger partial charge on any atom is 0.130 e. The zero-order chi connectivity index (χ0) is 29.6. The first kappa shape index (κ1) is 30.1. The van der Waals surface area contributed by atoms with Crippen molar-refractivity contribution in [2.45, 2.75) is 78.2 Å². The standard InChI is InChI=1S/C37H51N5/c1-27-18-21-41(26-27)37-23-29(3)40(6)19-12-7-8-16-33-24-31-14-9-10-15-32(31)25-34(33)30(4)42-20-13-11-17-36(42)35(38-5)22-28(2)39-37/h9-10,14-15,22-25,27,36H,4,7-8,11-13,16-21,26H2,1-3,5-6H3/b28-22+,29-23+,38-35+,39-37+/t27-,36?/m0/s1. The molecule has 0 radical (unpaired) electrons. The molecule has 3 aliphatic rings. The summed E-state index contributed by atoms with van der Waals surface area (Å²) in [5.41, 5.74) is 7.26. The molecule has 224 valence electrons. The van der Waals surface area contributed by atoms with Crippen molar-refractivity contribution >= 4 is 28.0 Å². The number of likely N-dealkylation sites (tertiary alicyclic amines) is 1. The number of hydrogen-bond acceptors (Lipinski definition) is 5. The summed E-state index contributed by atoms with van der Waals surface area (Å²) in [5, 5.41) is 2.60. The quantitative estimate of drug-likeness (QED) is 0.325. The first-order valence-corrected chi connectivity index (χ1v) is 16.2. The Morgan fingerprint density at radius 3 is 2.40 bits per heavy atom. The van der Waals surface area contributed by atoms with Crippen LogP contribution in [-0.2, 0) is 6.42 Å². The molecule has 5 rings (SSSR count). The Morgan fingerprint density at radius 1 is 0.905 bits per heavy atom. The van der Waals surface area contributed by atoms with Crippen molar-refractivity contribution in [3.8, 4) is 0 Å². The van der Waals surface area contributed by atoms with E-state index in [0.29, 0.717) is 5.92 Å². The molecule has 2 fully saturated rings. The number of aryl methyl sites for hydroxylation is 1. The minimum Gasteiger partial charge on any atom is -0.378 e. The average molecular weight is 566 g/mol. The highest BCUT2D eigenvalue weighted by Gasteiger charge is 2.29. The first-order chi connectivity index (χ1) is 20.3. The first-order valence-electron chi connectivity index (χ1n) is 16.2. The Kier molecular flexibility index (Phi) is 9.87. The van der Waals surface area contributed by atoms with E-state index in [-0.39, 0.29) is 6.04 Å². The number of nitrogens with zero attached hydrogens (tertiary/aromatic N) is 5. The lowest BCUT2D eigenvalue weighted by atomic mass is 9.91. The molecule has 0 N–H and O–H groups in total. The normalized spacial score (nSPS) is 28.2. The molecule has 0 aromatic heterocycles. The number of hydrogen-bond donors (Lipinski definition) is 0. The third-order valence-electron chi connectivity index (χ3n) is 9.51. The van der Waals surface area contributed by atoms with Crippen molar-refractivity contribution in [1.29, 1.82) is 0 Å². The van der Waals surface area contributed by atoms with Crippen LogP contribution in [0.1, 0.15) is 76.8 Å². The molecule has 2 saturated heterocycles. The van der Waals surface area contributed by atoms with Gasteiger partial charge in [0.2, 0.25) is 0 Å². The summed E-state index contributed by atoms with van der Waals surface area (Å²) in [4.78, 5) is 17.5. The number of fused-ring (bicyclic) bond motifs is 3. The topological polar surface area (TPSA) is 34.4 Å². The highest BCUT2D eigenvalue weighted by Crippen LogP contribution is 2.33. The Bertz CT molecular complexity index is 1400. The number of rotatable bonds is 0. The molecule has 5 nitrogen and oxygen atoms in total. The summed E-state index contributed by atoms with van der Waals surface area (Å²) in [6, 6.07) is 13.8. The van der Waals surface area contributed by atoms with Crippen LogP contribution in [0.15, 0.2) is 76.5 Å². The number of piperidine rings is 1. The second kappa shape index (κ2) is 13.8. The fraction of sp³-hybridized carbons (Fsp3) is 0.514. The summed E-state index contributed by atoms with van der Waals surface area (Å²) in [7, 11) is 4.16. The van der Waals surface area contributed by atoms with Crippen LogP contribution >= 0.6 is 0 Å². The van der Waals surface area contributed by atoms with Crippen LogP contribution in [0.4, 0.5) is 0 Å². The van der Waals surface area contributed by atoms with Gasteiger partial charge in [-0.2, -0.15) is 0 Å². The van der Waals surface area contributed by atoms with Crippen LogP contribution in [0, 0.1) is 5.92 Å².